The maximum atomic E-state index is 3.75. The van der Waals surface area contributed by atoms with Gasteiger partial charge in [0.15, 0.2) is 0 Å². The number of hydrogen-bond donors (Lipinski definition) is 0. The summed E-state index contributed by atoms with van der Waals surface area (Å²) in [5, 5.41) is 0. The summed E-state index contributed by atoms with van der Waals surface area (Å²) < 4.78 is 0. The van der Waals surface area contributed by atoms with Gasteiger partial charge in [-0.3, -0.25) is 0 Å². The Labute approximate surface area is 71.5 Å². The minimum Gasteiger partial charge on any atom is -0.103 e. The largest absolute Gasteiger partial charge is 0.103 e. The molecule has 0 N–H and O–H groups in total. The van der Waals surface area contributed by atoms with Gasteiger partial charge in [0, 0.05) is 0 Å². The molecule has 0 aromatic rings. The topological polar surface area (TPSA) is 0 Å². The van der Waals surface area contributed by atoms with Crippen LogP contribution in [0, 0.1) is 0 Å². The predicted molar refractivity (Wildman–Crippen MR) is 56.7 cm³/mol. The van der Waals surface area contributed by atoms with Gasteiger partial charge in [-0.15, -0.1) is 19.7 Å². The molecule has 0 amide bonds. The third-order valence-corrected chi connectivity index (χ3v) is 3.86. The first-order valence-corrected chi connectivity index (χ1v) is 5.80. The second kappa shape index (κ2) is 7.75. The molecule has 0 saturated carbocycles. The Balaban J connectivity index is 3.57. The van der Waals surface area contributed by atoms with Crippen LogP contribution in [0.15, 0.2) is 38.0 Å². The molecule has 0 aliphatic rings. The third-order valence-electron chi connectivity index (χ3n) is 1.42. The van der Waals surface area contributed by atoms with Crippen LogP contribution in [-0.4, -0.2) is 18.5 Å². The molecule has 0 nitrogen and oxygen atoms in total. The Morgan fingerprint density at radius 1 is 0.909 bits per heavy atom. The van der Waals surface area contributed by atoms with Gasteiger partial charge in [0.2, 0.25) is 0 Å². The number of allylic oxidation sites excluding steroid dienone is 3. The molecular formula is C10H17P. The first-order chi connectivity index (χ1) is 5.35. The molecule has 0 aromatic heterocycles. The summed E-state index contributed by atoms with van der Waals surface area (Å²) in [6.45, 7) is 11.2. The highest BCUT2D eigenvalue weighted by Crippen LogP contribution is 2.35. The van der Waals surface area contributed by atoms with E-state index in [9.17, 15) is 0 Å². The predicted octanol–water partition coefficient (Wildman–Crippen LogP) is 3.42. The summed E-state index contributed by atoms with van der Waals surface area (Å²) in [4.78, 5) is 0. The Hall–Kier alpha value is -0.350. The average Bonchev–Trinajstić information content (AvgIpc) is 2.01. The van der Waals surface area contributed by atoms with E-state index in [0.29, 0.717) is 0 Å². The van der Waals surface area contributed by atoms with Crippen LogP contribution in [0.5, 0.6) is 0 Å². The first kappa shape index (κ1) is 10.7. The van der Waals surface area contributed by atoms with Crippen molar-refractivity contribution in [2.75, 3.05) is 18.5 Å². The van der Waals surface area contributed by atoms with Crippen molar-refractivity contribution in [2.24, 2.45) is 0 Å². The van der Waals surface area contributed by atoms with Crippen molar-refractivity contribution in [3.8, 4) is 0 Å². The maximum Gasteiger partial charge on any atom is -0.0145 e. The van der Waals surface area contributed by atoms with Crippen LogP contribution in [0.2, 0.25) is 0 Å². The lowest BCUT2D eigenvalue weighted by atomic mass is 10.5. The van der Waals surface area contributed by atoms with E-state index in [-0.39, 0.29) is 7.92 Å². The zero-order valence-corrected chi connectivity index (χ0v) is 8.02. The molecule has 0 aliphatic heterocycles. The van der Waals surface area contributed by atoms with Gasteiger partial charge in [0.25, 0.3) is 0 Å². The molecule has 0 atom stereocenters. The fourth-order valence-electron chi connectivity index (χ4n) is 0.896. The third kappa shape index (κ3) is 6.06. The van der Waals surface area contributed by atoms with Crippen molar-refractivity contribution in [3.63, 3.8) is 0 Å². The van der Waals surface area contributed by atoms with Crippen molar-refractivity contribution in [1.82, 2.24) is 0 Å². The van der Waals surface area contributed by atoms with Crippen LogP contribution in [-0.2, 0) is 0 Å². The first-order valence-electron chi connectivity index (χ1n) is 3.90. The van der Waals surface area contributed by atoms with E-state index < -0.39 is 0 Å². The molecule has 0 aliphatic carbocycles. The smallest absolute Gasteiger partial charge is 0.0145 e. The minimum absolute atomic E-state index is 0.126. The van der Waals surface area contributed by atoms with E-state index in [2.05, 4.69) is 19.7 Å². The van der Waals surface area contributed by atoms with Gasteiger partial charge in [0.1, 0.15) is 0 Å². The molecule has 0 fully saturated rings. The number of hydrogen-bond acceptors (Lipinski definition) is 0. The zero-order valence-electron chi connectivity index (χ0n) is 7.13. The SMILES string of the molecule is C=CCCP(CC=C)CC=C. The lowest BCUT2D eigenvalue weighted by Crippen LogP contribution is -1.89. The van der Waals surface area contributed by atoms with E-state index in [4.69, 9.17) is 0 Å². The fraction of sp³-hybridized carbons (Fsp3) is 0.400. The van der Waals surface area contributed by atoms with Crippen molar-refractivity contribution in [2.45, 2.75) is 6.42 Å². The van der Waals surface area contributed by atoms with Gasteiger partial charge in [-0.1, -0.05) is 26.1 Å². The Kier molecular flexibility index (Phi) is 7.51. The van der Waals surface area contributed by atoms with E-state index in [1.807, 2.05) is 18.2 Å². The molecule has 0 aromatic carbocycles. The molecule has 0 spiro atoms. The van der Waals surface area contributed by atoms with Crippen molar-refractivity contribution in [3.05, 3.63) is 38.0 Å². The van der Waals surface area contributed by atoms with Crippen molar-refractivity contribution < 1.29 is 0 Å². The van der Waals surface area contributed by atoms with E-state index >= 15 is 0 Å². The van der Waals surface area contributed by atoms with Gasteiger partial charge in [0.05, 0.1) is 0 Å². The summed E-state index contributed by atoms with van der Waals surface area (Å²) in [7, 11) is 0.126. The lowest BCUT2D eigenvalue weighted by molar-refractivity contribution is 1.23. The van der Waals surface area contributed by atoms with E-state index in [1.165, 1.54) is 6.16 Å². The summed E-state index contributed by atoms with van der Waals surface area (Å²) in [5.41, 5.74) is 0. The van der Waals surface area contributed by atoms with Crippen LogP contribution >= 0.6 is 7.92 Å². The van der Waals surface area contributed by atoms with Crippen molar-refractivity contribution in [1.29, 1.82) is 0 Å². The Morgan fingerprint density at radius 3 is 1.82 bits per heavy atom. The van der Waals surface area contributed by atoms with Gasteiger partial charge in [-0.2, -0.15) is 0 Å². The van der Waals surface area contributed by atoms with Gasteiger partial charge in [-0.25, -0.2) is 0 Å². The quantitative estimate of drug-likeness (QED) is 0.403. The molecular weight excluding hydrogens is 151 g/mol. The highest BCUT2D eigenvalue weighted by atomic mass is 31.1. The molecule has 62 valence electrons. The highest BCUT2D eigenvalue weighted by molar-refractivity contribution is 7.58. The molecule has 0 heterocycles. The van der Waals surface area contributed by atoms with E-state index in [1.54, 1.807) is 0 Å². The van der Waals surface area contributed by atoms with Crippen LogP contribution in [0.1, 0.15) is 6.42 Å². The summed E-state index contributed by atoms with van der Waals surface area (Å²) in [6, 6.07) is 0. The van der Waals surface area contributed by atoms with Crippen molar-refractivity contribution >= 4 is 7.92 Å². The standard InChI is InChI=1S/C10H17P/c1-4-7-10-11(8-5-2)9-6-3/h4-6H,1-3,7-10H2. The van der Waals surface area contributed by atoms with Crippen LogP contribution in [0.3, 0.4) is 0 Å². The number of rotatable bonds is 7. The zero-order chi connectivity index (χ0) is 8.53. The minimum atomic E-state index is 0.126. The molecule has 0 saturated heterocycles. The van der Waals surface area contributed by atoms with Crippen LogP contribution in [0.25, 0.3) is 0 Å². The Bertz CT molecular complexity index is 117. The van der Waals surface area contributed by atoms with Gasteiger partial charge >= 0.3 is 0 Å². The highest BCUT2D eigenvalue weighted by Gasteiger charge is 2.00. The fourth-order valence-corrected chi connectivity index (χ4v) is 2.69. The van der Waals surface area contributed by atoms with Gasteiger partial charge < -0.3 is 0 Å². The lowest BCUT2D eigenvalue weighted by Gasteiger charge is -2.11. The molecule has 11 heavy (non-hydrogen) atoms. The monoisotopic (exact) mass is 168 g/mol. The molecule has 0 bridgehead atoms. The van der Waals surface area contributed by atoms with Crippen LogP contribution < -0.4 is 0 Å². The molecule has 0 radical (unpaired) electrons. The van der Waals surface area contributed by atoms with Gasteiger partial charge in [-0.05, 0) is 24.9 Å². The molecule has 0 rings (SSSR count). The maximum absolute atomic E-state index is 3.75. The molecule has 0 unspecified atom stereocenters. The second-order valence-electron chi connectivity index (χ2n) is 2.41. The summed E-state index contributed by atoms with van der Waals surface area (Å²) in [6.07, 6.45) is 10.7. The normalized spacial score (nSPS) is 9.55. The van der Waals surface area contributed by atoms with Crippen LogP contribution in [0.4, 0.5) is 0 Å². The second-order valence-corrected chi connectivity index (χ2v) is 4.93. The Morgan fingerprint density at radius 2 is 1.45 bits per heavy atom. The molecule has 1 heteroatoms. The van der Waals surface area contributed by atoms with E-state index in [0.717, 1.165) is 18.7 Å². The summed E-state index contributed by atoms with van der Waals surface area (Å²) >= 11 is 0. The summed E-state index contributed by atoms with van der Waals surface area (Å²) in [5.74, 6) is 0. The average molecular weight is 168 g/mol.